The number of rotatable bonds is 4. The van der Waals surface area contributed by atoms with E-state index in [0.717, 1.165) is 12.1 Å². The second kappa shape index (κ2) is 4.91. The molecular formula is C10H15NO. The average molecular weight is 165 g/mol. The van der Waals surface area contributed by atoms with E-state index < -0.39 is 0 Å². The highest BCUT2D eigenvalue weighted by Gasteiger charge is 2.03. The Bertz CT molecular complexity index is 210. The largest absolute Gasteiger partial charge is 0.387 e. The molecule has 0 aliphatic heterocycles. The molecule has 0 radical (unpaired) electrons. The average Bonchev–Trinajstić information content (AvgIpc) is 2.15. The summed E-state index contributed by atoms with van der Waals surface area (Å²) < 4.78 is 0. The van der Waals surface area contributed by atoms with E-state index in [1.807, 2.05) is 37.3 Å². The quantitative estimate of drug-likeness (QED) is 0.705. The molecule has 66 valence electrons. The fourth-order valence-corrected chi connectivity index (χ4v) is 1.07. The van der Waals surface area contributed by atoms with Crippen LogP contribution in [0.4, 0.5) is 0 Å². The lowest BCUT2D eigenvalue weighted by Gasteiger charge is -2.10. The molecule has 0 amide bonds. The van der Waals surface area contributed by atoms with E-state index in [2.05, 4.69) is 5.32 Å². The maximum absolute atomic E-state index is 9.59. The van der Waals surface area contributed by atoms with Crippen molar-refractivity contribution < 1.29 is 5.11 Å². The molecule has 2 N–H and O–H groups in total. The van der Waals surface area contributed by atoms with Gasteiger partial charge in [0.05, 0.1) is 6.10 Å². The normalized spacial score (nSPS) is 12.8. The van der Waals surface area contributed by atoms with Crippen molar-refractivity contribution in [2.75, 3.05) is 13.1 Å². The number of benzene rings is 1. The van der Waals surface area contributed by atoms with Crippen LogP contribution in [0.25, 0.3) is 0 Å². The fraction of sp³-hybridized carbons (Fsp3) is 0.400. The third-order valence-corrected chi connectivity index (χ3v) is 1.77. The first-order valence-electron chi connectivity index (χ1n) is 4.28. The van der Waals surface area contributed by atoms with Crippen molar-refractivity contribution in [3.8, 4) is 0 Å². The highest BCUT2D eigenvalue weighted by Crippen LogP contribution is 2.09. The zero-order valence-corrected chi connectivity index (χ0v) is 7.33. The molecule has 0 bridgehead atoms. The molecule has 0 unspecified atom stereocenters. The molecule has 0 saturated heterocycles. The third kappa shape index (κ3) is 2.64. The lowest BCUT2D eigenvalue weighted by molar-refractivity contribution is 0.175. The Labute approximate surface area is 73.2 Å². The van der Waals surface area contributed by atoms with Crippen molar-refractivity contribution in [3.05, 3.63) is 35.9 Å². The first kappa shape index (κ1) is 9.23. The highest BCUT2D eigenvalue weighted by atomic mass is 16.3. The summed E-state index contributed by atoms with van der Waals surface area (Å²) in [4.78, 5) is 0. The van der Waals surface area contributed by atoms with Gasteiger partial charge < -0.3 is 10.4 Å². The number of hydrogen-bond donors (Lipinski definition) is 2. The van der Waals surface area contributed by atoms with Gasteiger partial charge in [0.1, 0.15) is 0 Å². The van der Waals surface area contributed by atoms with E-state index >= 15 is 0 Å². The summed E-state index contributed by atoms with van der Waals surface area (Å²) in [6.45, 7) is 3.54. The van der Waals surface area contributed by atoms with E-state index in [4.69, 9.17) is 0 Å². The summed E-state index contributed by atoms with van der Waals surface area (Å²) in [5.41, 5.74) is 0.971. The zero-order valence-electron chi connectivity index (χ0n) is 7.33. The molecule has 12 heavy (non-hydrogen) atoms. The smallest absolute Gasteiger partial charge is 0.0914 e. The SMILES string of the molecule is CCNC[C@H](O)c1ccccc1. The van der Waals surface area contributed by atoms with Gasteiger partial charge in [-0.05, 0) is 12.1 Å². The third-order valence-electron chi connectivity index (χ3n) is 1.77. The molecular weight excluding hydrogens is 150 g/mol. The fourth-order valence-electron chi connectivity index (χ4n) is 1.07. The molecule has 0 spiro atoms. The summed E-state index contributed by atoms with van der Waals surface area (Å²) in [6.07, 6.45) is -0.383. The van der Waals surface area contributed by atoms with Crippen LogP contribution in [0.5, 0.6) is 0 Å². The molecule has 0 fully saturated rings. The second-order valence-electron chi connectivity index (χ2n) is 2.73. The Morgan fingerprint density at radius 3 is 2.58 bits per heavy atom. The van der Waals surface area contributed by atoms with Crippen molar-refractivity contribution >= 4 is 0 Å². The van der Waals surface area contributed by atoms with Gasteiger partial charge in [-0.1, -0.05) is 37.3 Å². The number of likely N-dealkylation sites (N-methyl/N-ethyl adjacent to an activating group) is 1. The van der Waals surface area contributed by atoms with Crippen molar-refractivity contribution in [2.24, 2.45) is 0 Å². The molecule has 0 aliphatic rings. The second-order valence-corrected chi connectivity index (χ2v) is 2.73. The molecule has 0 aliphatic carbocycles. The van der Waals surface area contributed by atoms with Crippen LogP contribution in [0, 0.1) is 0 Å². The number of aliphatic hydroxyl groups excluding tert-OH is 1. The van der Waals surface area contributed by atoms with Crippen molar-refractivity contribution in [1.82, 2.24) is 5.32 Å². The van der Waals surface area contributed by atoms with Gasteiger partial charge in [-0.2, -0.15) is 0 Å². The van der Waals surface area contributed by atoms with Crippen molar-refractivity contribution in [2.45, 2.75) is 13.0 Å². The molecule has 1 atom stereocenters. The topological polar surface area (TPSA) is 32.3 Å². The Balaban J connectivity index is 2.48. The van der Waals surface area contributed by atoms with Crippen molar-refractivity contribution in [3.63, 3.8) is 0 Å². The molecule has 2 nitrogen and oxygen atoms in total. The van der Waals surface area contributed by atoms with Gasteiger partial charge in [-0.15, -0.1) is 0 Å². The van der Waals surface area contributed by atoms with Gasteiger partial charge >= 0.3 is 0 Å². The summed E-state index contributed by atoms with van der Waals surface area (Å²) in [7, 11) is 0. The minimum atomic E-state index is -0.383. The maximum atomic E-state index is 9.59. The van der Waals surface area contributed by atoms with E-state index in [9.17, 15) is 5.11 Å². The minimum absolute atomic E-state index is 0.383. The van der Waals surface area contributed by atoms with Crippen LogP contribution in [0.3, 0.4) is 0 Å². The summed E-state index contributed by atoms with van der Waals surface area (Å²) in [6, 6.07) is 9.68. The van der Waals surface area contributed by atoms with Crippen LogP contribution in [-0.2, 0) is 0 Å². The van der Waals surface area contributed by atoms with Crippen LogP contribution in [0.2, 0.25) is 0 Å². The Morgan fingerprint density at radius 1 is 1.33 bits per heavy atom. The number of hydrogen-bond acceptors (Lipinski definition) is 2. The number of aliphatic hydroxyl groups is 1. The van der Waals surface area contributed by atoms with E-state index in [0.29, 0.717) is 6.54 Å². The van der Waals surface area contributed by atoms with E-state index in [1.165, 1.54) is 0 Å². The predicted octanol–water partition coefficient (Wildman–Crippen LogP) is 1.33. The molecule has 1 aromatic rings. The standard InChI is InChI=1S/C10H15NO/c1-2-11-8-10(12)9-6-4-3-5-7-9/h3-7,10-12H,2,8H2,1H3/t10-/m0/s1. The van der Waals surface area contributed by atoms with Gasteiger partial charge in [0.15, 0.2) is 0 Å². The molecule has 0 aromatic heterocycles. The highest BCUT2D eigenvalue weighted by molar-refractivity contribution is 5.17. The summed E-state index contributed by atoms with van der Waals surface area (Å²) in [5.74, 6) is 0. The van der Waals surface area contributed by atoms with Crippen LogP contribution >= 0.6 is 0 Å². The van der Waals surface area contributed by atoms with Gasteiger partial charge in [0.2, 0.25) is 0 Å². The van der Waals surface area contributed by atoms with Crippen LogP contribution in [0.15, 0.2) is 30.3 Å². The maximum Gasteiger partial charge on any atom is 0.0914 e. The molecule has 0 saturated carbocycles. The lowest BCUT2D eigenvalue weighted by Crippen LogP contribution is -2.20. The lowest BCUT2D eigenvalue weighted by atomic mass is 10.1. The van der Waals surface area contributed by atoms with Gasteiger partial charge in [0, 0.05) is 6.54 Å². The minimum Gasteiger partial charge on any atom is -0.387 e. The van der Waals surface area contributed by atoms with Gasteiger partial charge in [-0.25, -0.2) is 0 Å². The van der Waals surface area contributed by atoms with E-state index in [1.54, 1.807) is 0 Å². The first-order valence-corrected chi connectivity index (χ1v) is 4.28. The molecule has 2 heteroatoms. The van der Waals surface area contributed by atoms with Crippen LogP contribution in [-0.4, -0.2) is 18.2 Å². The predicted molar refractivity (Wildman–Crippen MR) is 49.9 cm³/mol. The Morgan fingerprint density at radius 2 is 2.00 bits per heavy atom. The van der Waals surface area contributed by atoms with Crippen LogP contribution < -0.4 is 5.32 Å². The van der Waals surface area contributed by atoms with E-state index in [-0.39, 0.29) is 6.10 Å². The van der Waals surface area contributed by atoms with Crippen LogP contribution in [0.1, 0.15) is 18.6 Å². The molecule has 1 aromatic carbocycles. The van der Waals surface area contributed by atoms with Gasteiger partial charge in [0.25, 0.3) is 0 Å². The summed E-state index contributed by atoms with van der Waals surface area (Å²) in [5, 5.41) is 12.7. The molecule has 0 heterocycles. The summed E-state index contributed by atoms with van der Waals surface area (Å²) >= 11 is 0. The monoisotopic (exact) mass is 165 g/mol. The first-order chi connectivity index (χ1) is 5.84. The molecule has 1 rings (SSSR count). The Hall–Kier alpha value is -0.860. The number of nitrogens with one attached hydrogen (secondary N) is 1. The Kier molecular flexibility index (Phi) is 3.77. The van der Waals surface area contributed by atoms with Gasteiger partial charge in [-0.3, -0.25) is 0 Å². The zero-order chi connectivity index (χ0) is 8.81. The van der Waals surface area contributed by atoms with Crippen molar-refractivity contribution in [1.29, 1.82) is 0 Å².